The smallest absolute Gasteiger partial charge is 0.318 e. The molecule has 1 saturated heterocycles. The van der Waals surface area contributed by atoms with Crippen molar-refractivity contribution >= 4 is 11.5 Å². The summed E-state index contributed by atoms with van der Waals surface area (Å²) in [4.78, 5) is 16.9. The molecule has 0 bridgehead atoms. The molecule has 2 aromatic rings. The minimum absolute atomic E-state index is 0.165. The molecule has 3 heterocycles. The van der Waals surface area contributed by atoms with Gasteiger partial charge in [-0.3, -0.25) is 0 Å². The van der Waals surface area contributed by atoms with Crippen LogP contribution in [-0.2, 0) is 19.3 Å². The highest BCUT2D eigenvalue weighted by Gasteiger charge is 2.32. The van der Waals surface area contributed by atoms with Gasteiger partial charge >= 0.3 is 6.01 Å². The standard InChI is InChI=1S/C27H37N7O/c1-32(2)16-17-35-27-30-24-18-22(34-14-5-7-20-6-3-4-8-25(20)34)9-10-23(24)26(31-27)33-15-13-29-21(19-33)11-12-28/h3-4,6,8,21-22,29H,5,7,9-11,13-19H2,1-2H3/t21-,22?/m0/s1. The molecule has 0 saturated carbocycles. The molecule has 1 aliphatic carbocycles. The summed E-state index contributed by atoms with van der Waals surface area (Å²) >= 11 is 0. The van der Waals surface area contributed by atoms with Crippen LogP contribution in [0.15, 0.2) is 24.3 Å². The fourth-order valence-corrected chi connectivity index (χ4v) is 5.67. The van der Waals surface area contributed by atoms with Gasteiger partial charge in [-0.05, 0) is 51.4 Å². The minimum Gasteiger partial charge on any atom is -0.462 e. The Hall–Kier alpha value is -2.89. The second kappa shape index (κ2) is 10.8. The minimum atomic E-state index is 0.165. The fraction of sp³-hybridized carbons (Fsp3) is 0.593. The van der Waals surface area contributed by atoms with Crippen LogP contribution in [0.1, 0.15) is 36.1 Å². The first-order chi connectivity index (χ1) is 17.1. The maximum absolute atomic E-state index is 9.21. The summed E-state index contributed by atoms with van der Waals surface area (Å²) in [7, 11) is 4.08. The molecule has 1 unspecified atom stereocenters. The van der Waals surface area contributed by atoms with Crippen molar-refractivity contribution in [3.63, 3.8) is 0 Å². The van der Waals surface area contributed by atoms with Gasteiger partial charge in [-0.25, -0.2) is 0 Å². The van der Waals surface area contributed by atoms with E-state index >= 15 is 0 Å². The molecule has 2 atom stereocenters. The van der Waals surface area contributed by atoms with E-state index in [1.807, 2.05) is 14.1 Å². The van der Waals surface area contributed by atoms with E-state index in [-0.39, 0.29) is 6.04 Å². The molecule has 8 heteroatoms. The van der Waals surface area contributed by atoms with Gasteiger partial charge in [-0.1, -0.05) is 18.2 Å². The highest BCUT2D eigenvalue weighted by atomic mass is 16.5. The molecule has 35 heavy (non-hydrogen) atoms. The Morgan fingerprint density at radius 1 is 1.20 bits per heavy atom. The van der Waals surface area contributed by atoms with E-state index in [2.05, 4.69) is 50.4 Å². The quantitative estimate of drug-likeness (QED) is 0.654. The maximum atomic E-state index is 9.21. The van der Waals surface area contributed by atoms with Crippen molar-refractivity contribution in [1.82, 2.24) is 20.2 Å². The number of nitriles is 1. The molecule has 5 rings (SSSR count). The lowest BCUT2D eigenvalue weighted by molar-refractivity contribution is 0.244. The summed E-state index contributed by atoms with van der Waals surface area (Å²) in [6.07, 6.45) is 5.86. The number of ether oxygens (including phenoxy) is 1. The van der Waals surface area contributed by atoms with E-state index in [0.29, 0.717) is 25.1 Å². The van der Waals surface area contributed by atoms with E-state index < -0.39 is 0 Å². The summed E-state index contributed by atoms with van der Waals surface area (Å²) < 4.78 is 6.05. The van der Waals surface area contributed by atoms with Crippen LogP contribution < -0.4 is 19.9 Å². The van der Waals surface area contributed by atoms with Crippen molar-refractivity contribution in [2.24, 2.45) is 0 Å². The number of nitrogens with zero attached hydrogens (tertiary/aromatic N) is 6. The number of likely N-dealkylation sites (N-methyl/N-ethyl adjacent to an activating group) is 1. The van der Waals surface area contributed by atoms with Gasteiger partial charge in [0.2, 0.25) is 0 Å². The van der Waals surface area contributed by atoms with Crippen LogP contribution in [0.4, 0.5) is 11.5 Å². The Morgan fingerprint density at radius 3 is 2.94 bits per heavy atom. The Bertz CT molecular complexity index is 1070. The molecule has 0 spiro atoms. The van der Waals surface area contributed by atoms with Gasteiger partial charge in [0.05, 0.1) is 18.2 Å². The Kier molecular flexibility index (Phi) is 7.35. The van der Waals surface area contributed by atoms with E-state index in [1.165, 1.54) is 29.7 Å². The van der Waals surface area contributed by atoms with Gasteiger partial charge in [0.1, 0.15) is 12.4 Å². The third-order valence-electron chi connectivity index (χ3n) is 7.46. The first-order valence-corrected chi connectivity index (χ1v) is 13.0. The van der Waals surface area contributed by atoms with E-state index in [1.54, 1.807) is 0 Å². The zero-order valence-electron chi connectivity index (χ0n) is 21.0. The molecule has 186 valence electrons. The largest absolute Gasteiger partial charge is 0.462 e. The highest BCUT2D eigenvalue weighted by molar-refractivity contribution is 5.58. The maximum Gasteiger partial charge on any atom is 0.318 e. The number of hydrogen-bond acceptors (Lipinski definition) is 8. The molecular formula is C27H37N7O. The normalized spacial score (nSPS) is 21.9. The van der Waals surface area contributed by atoms with Crippen molar-refractivity contribution < 1.29 is 4.74 Å². The summed E-state index contributed by atoms with van der Waals surface area (Å²) in [6, 6.07) is 12.3. The second-order valence-corrected chi connectivity index (χ2v) is 10.2. The number of piperazine rings is 1. The molecule has 2 aliphatic heterocycles. The van der Waals surface area contributed by atoms with Gasteiger partial charge in [-0.2, -0.15) is 15.2 Å². The zero-order valence-corrected chi connectivity index (χ0v) is 21.0. The van der Waals surface area contributed by atoms with Gasteiger partial charge in [0, 0.05) is 62.5 Å². The molecule has 0 amide bonds. The first-order valence-electron chi connectivity index (χ1n) is 13.0. The molecule has 1 aromatic carbocycles. The molecule has 8 nitrogen and oxygen atoms in total. The lowest BCUT2D eigenvalue weighted by atomic mass is 9.88. The van der Waals surface area contributed by atoms with Crippen molar-refractivity contribution in [1.29, 1.82) is 5.26 Å². The van der Waals surface area contributed by atoms with Crippen molar-refractivity contribution in [3.8, 4) is 12.1 Å². The van der Waals surface area contributed by atoms with Crippen molar-refractivity contribution in [2.45, 2.75) is 50.6 Å². The number of hydrogen-bond donors (Lipinski definition) is 1. The Balaban J connectivity index is 1.43. The van der Waals surface area contributed by atoms with Crippen LogP contribution in [0.3, 0.4) is 0 Å². The highest BCUT2D eigenvalue weighted by Crippen LogP contribution is 2.36. The van der Waals surface area contributed by atoms with Crippen LogP contribution >= 0.6 is 0 Å². The predicted molar refractivity (Wildman–Crippen MR) is 138 cm³/mol. The van der Waals surface area contributed by atoms with Gasteiger partial charge in [-0.15, -0.1) is 0 Å². The fourth-order valence-electron chi connectivity index (χ4n) is 5.67. The third-order valence-corrected chi connectivity index (χ3v) is 7.46. The second-order valence-electron chi connectivity index (χ2n) is 10.2. The van der Waals surface area contributed by atoms with Crippen LogP contribution in [0.5, 0.6) is 6.01 Å². The van der Waals surface area contributed by atoms with Gasteiger partial charge < -0.3 is 24.8 Å². The SMILES string of the molecule is CN(C)CCOc1nc2c(c(N3CCN[C@@H](CC#N)C3)n1)CCC(N1CCCc3ccccc31)C2. The number of fused-ring (bicyclic) bond motifs is 2. The number of para-hydroxylation sites is 1. The number of rotatable bonds is 7. The van der Waals surface area contributed by atoms with Crippen molar-refractivity contribution in [2.75, 3.05) is 63.2 Å². The lowest BCUT2D eigenvalue weighted by Crippen LogP contribution is -2.51. The lowest BCUT2D eigenvalue weighted by Gasteiger charge is -2.41. The number of nitrogens with one attached hydrogen (secondary N) is 1. The first kappa shape index (κ1) is 23.8. The number of aromatic nitrogens is 2. The summed E-state index contributed by atoms with van der Waals surface area (Å²) in [5.74, 6) is 1.01. The summed E-state index contributed by atoms with van der Waals surface area (Å²) in [6.45, 7) is 5.01. The number of anilines is 2. The van der Waals surface area contributed by atoms with Gasteiger partial charge in [0.25, 0.3) is 0 Å². The van der Waals surface area contributed by atoms with E-state index in [0.717, 1.165) is 63.5 Å². The van der Waals surface area contributed by atoms with E-state index in [9.17, 15) is 5.26 Å². The third kappa shape index (κ3) is 5.36. The average molecular weight is 476 g/mol. The monoisotopic (exact) mass is 475 g/mol. The molecule has 1 fully saturated rings. The van der Waals surface area contributed by atoms with Gasteiger partial charge in [0.15, 0.2) is 0 Å². The topological polar surface area (TPSA) is 80.5 Å². The predicted octanol–water partition coefficient (Wildman–Crippen LogP) is 2.42. The van der Waals surface area contributed by atoms with Crippen LogP contribution in [0, 0.1) is 11.3 Å². The van der Waals surface area contributed by atoms with E-state index in [4.69, 9.17) is 14.7 Å². The number of benzene rings is 1. The molecule has 1 N–H and O–H groups in total. The Labute approximate surface area is 208 Å². The zero-order chi connectivity index (χ0) is 24.2. The molecule has 3 aliphatic rings. The van der Waals surface area contributed by atoms with Crippen LogP contribution in [0.25, 0.3) is 0 Å². The summed E-state index contributed by atoms with van der Waals surface area (Å²) in [5.41, 5.74) is 5.25. The molecular weight excluding hydrogens is 438 g/mol. The van der Waals surface area contributed by atoms with Crippen molar-refractivity contribution in [3.05, 3.63) is 41.1 Å². The Morgan fingerprint density at radius 2 is 2.09 bits per heavy atom. The number of aryl methyl sites for hydroxylation is 1. The average Bonchev–Trinajstić information content (AvgIpc) is 2.88. The summed E-state index contributed by atoms with van der Waals surface area (Å²) in [5, 5.41) is 12.7. The molecule has 0 radical (unpaired) electrons. The van der Waals surface area contributed by atoms with Crippen LogP contribution in [-0.4, -0.2) is 80.4 Å². The molecule has 1 aromatic heterocycles. The van der Waals surface area contributed by atoms with Crippen LogP contribution in [0.2, 0.25) is 0 Å².